The summed E-state index contributed by atoms with van der Waals surface area (Å²) in [5, 5.41) is -1.25. The number of carbonyl (C=O) groups is 1. The Morgan fingerprint density at radius 3 is 2.67 bits per heavy atom. The van der Waals surface area contributed by atoms with E-state index in [0.717, 1.165) is 9.13 Å². The minimum absolute atomic E-state index is 0.114. The van der Waals surface area contributed by atoms with Crippen LogP contribution >= 0.6 is 22.6 Å². The van der Waals surface area contributed by atoms with Gasteiger partial charge in [0.05, 0.1) is 5.69 Å². The maximum Gasteiger partial charge on any atom is 0.307 e. The molecule has 0 bridgehead atoms. The standard InChI is InChI=1S/C11H11FINO3S/c1-7-3-2-4-9(11(7)13)14-6-8(5-10(14)15)18(12,16)17/h2-4,8H,5-6H2,1H3. The number of halogens is 2. The average molecular weight is 383 g/mol. The van der Waals surface area contributed by atoms with Crippen LogP contribution in [0, 0.1) is 10.5 Å². The van der Waals surface area contributed by atoms with Crippen molar-refractivity contribution >= 4 is 44.4 Å². The van der Waals surface area contributed by atoms with Gasteiger partial charge in [-0.2, -0.15) is 8.42 Å². The van der Waals surface area contributed by atoms with Crippen LogP contribution < -0.4 is 4.90 Å². The molecule has 1 saturated heterocycles. The predicted molar refractivity (Wildman–Crippen MR) is 74.7 cm³/mol. The zero-order valence-corrected chi connectivity index (χ0v) is 12.5. The van der Waals surface area contributed by atoms with Gasteiger partial charge >= 0.3 is 10.2 Å². The summed E-state index contributed by atoms with van der Waals surface area (Å²) in [4.78, 5) is 13.1. The molecular weight excluding hydrogens is 372 g/mol. The van der Waals surface area contributed by atoms with E-state index in [1.54, 1.807) is 12.1 Å². The Morgan fingerprint density at radius 2 is 2.11 bits per heavy atom. The molecule has 1 fully saturated rings. The molecular formula is C11H11FINO3S. The molecule has 0 radical (unpaired) electrons. The van der Waals surface area contributed by atoms with E-state index in [2.05, 4.69) is 22.6 Å². The van der Waals surface area contributed by atoms with Crippen LogP contribution in [0.3, 0.4) is 0 Å². The predicted octanol–water partition coefficient (Wildman–Crippen LogP) is 2.00. The number of aryl methyl sites for hydroxylation is 1. The first-order chi connectivity index (χ1) is 8.30. The Labute approximate surface area is 119 Å². The van der Waals surface area contributed by atoms with Gasteiger partial charge in [0.1, 0.15) is 5.25 Å². The normalized spacial score (nSPS) is 20.5. The minimum Gasteiger partial charge on any atom is -0.310 e. The molecule has 0 saturated carbocycles. The molecule has 0 N–H and O–H groups in total. The van der Waals surface area contributed by atoms with Crippen LogP contribution in [0.1, 0.15) is 12.0 Å². The van der Waals surface area contributed by atoms with Gasteiger partial charge in [-0.1, -0.05) is 12.1 Å². The molecule has 1 heterocycles. The van der Waals surface area contributed by atoms with Gasteiger partial charge in [-0.3, -0.25) is 4.79 Å². The molecule has 1 aliphatic rings. The highest BCUT2D eigenvalue weighted by atomic mass is 127. The third kappa shape index (κ3) is 2.51. The fraction of sp³-hybridized carbons (Fsp3) is 0.364. The van der Waals surface area contributed by atoms with Crippen molar-refractivity contribution in [3.63, 3.8) is 0 Å². The number of hydrogen-bond donors (Lipinski definition) is 0. The van der Waals surface area contributed by atoms with E-state index in [1.807, 2.05) is 13.0 Å². The van der Waals surface area contributed by atoms with E-state index >= 15 is 0 Å². The summed E-state index contributed by atoms with van der Waals surface area (Å²) in [5.74, 6) is -0.357. The average Bonchev–Trinajstić information content (AvgIpc) is 2.64. The van der Waals surface area contributed by atoms with Crippen molar-refractivity contribution in [3.05, 3.63) is 27.3 Å². The van der Waals surface area contributed by atoms with Gasteiger partial charge in [-0.05, 0) is 41.1 Å². The second-order valence-corrected chi connectivity index (χ2v) is 6.91. The van der Waals surface area contributed by atoms with Gasteiger partial charge in [0.2, 0.25) is 5.91 Å². The maximum atomic E-state index is 12.9. The molecule has 0 spiro atoms. The molecule has 0 aliphatic carbocycles. The van der Waals surface area contributed by atoms with Crippen LogP contribution in [0.15, 0.2) is 18.2 Å². The molecule has 1 aliphatic heterocycles. The number of rotatable bonds is 2. The summed E-state index contributed by atoms with van der Waals surface area (Å²) in [5.41, 5.74) is 1.64. The van der Waals surface area contributed by atoms with Crippen molar-refractivity contribution in [1.29, 1.82) is 0 Å². The summed E-state index contributed by atoms with van der Waals surface area (Å²) in [6.45, 7) is 1.78. The zero-order chi connectivity index (χ0) is 13.5. The Balaban J connectivity index is 2.36. The van der Waals surface area contributed by atoms with E-state index in [1.165, 1.54) is 4.90 Å². The van der Waals surface area contributed by atoms with Gasteiger partial charge in [-0.15, -0.1) is 3.89 Å². The van der Waals surface area contributed by atoms with Crippen LogP contribution in [0.2, 0.25) is 0 Å². The summed E-state index contributed by atoms with van der Waals surface area (Å²) >= 11 is 2.10. The van der Waals surface area contributed by atoms with Crippen LogP contribution in [0.25, 0.3) is 0 Å². The molecule has 18 heavy (non-hydrogen) atoms. The van der Waals surface area contributed by atoms with E-state index in [9.17, 15) is 17.1 Å². The third-order valence-corrected chi connectivity index (χ3v) is 5.47. The van der Waals surface area contributed by atoms with Crippen molar-refractivity contribution in [1.82, 2.24) is 0 Å². The quantitative estimate of drug-likeness (QED) is 0.580. The highest BCUT2D eigenvalue weighted by Gasteiger charge is 2.39. The molecule has 7 heteroatoms. The second-order valence-electron chi connectivity index (χ2n) is 4.21. The second kappa shape index (κ2) is 4.76. The molecule has 98 valence electrons. The molecule has 0 aromatic heterocycles. The maximum absolute atomic E-state index is 12.9. The number of hydrogen-bond acceptors (Lipinski definition) is 3. The van der Waals surface area contributed by atoms with Crippen LogP contribution in [-0.4, -0.2) is 26.1 Å². The lowest BCUT2D eigenvalue weighted by atomic mass is 10.2. The lowest BCUT2D eigenvalue weighted by Crippen LogP contribution is -2.27. The lowest BCUT2D eigenvalue weighted by molar-refractivity contribution is -0.117. The molecule has 1 unspecified atom stereocenters. The summed E-state index contributed by atoms with van der Waals surface area (Å²) in [6, 6.07) is 5.42. The van der Waals surface area contributed by atoms with Gasteiger partial charge < -0.3 is 4.90 Å². The van der Waals surface area contributed by atoms with E-state index in [4.69, 9.17) is 0 Å². The fourth-order valence-electron chi connectivity index (χ4n) is 1.94. The van der Waals surface area contributed by atoms with Gasteiger partial charge in [0.15, 0.2) is 0 Å². The highest BCUT2D eigenvalue weighted by Crippen LogP contribution is 2.30. The van der Waals surface area contributed by atoms with Crippen molar-refractivity contribution < 1.29 is 17.1 Å². The van der Waals surface area contributed by atoms with Crippen LogP contribution in [0.5, 0.6) is 0 Å². The molecule has 1 amide bonds. The first-order valence-corrected chi connectivity index (χ1v) is 7.82. The molecule has 4 nitrogen and oxygen atoms in total. The Kier molecular flexibility index (Phi) is 3.63. The number of benzene rings is 1. The highest BCUT2D eigenvalue weighted by molar-refractivity contribution is 14.1. The zero-order valence-electron chi connectivity index (χ0n) is 9.56. The SMILES string of the molecule is Cc1cccc(N2CC(S(=O)(=O)F)CC2=O)c1I. The number of anilines is 1. The van der Waals surface area contributed by atoms with Crippen LogP contribution in [-0.2, 0) is 15.0 Å². The first-order valence-electron chi connectivity index (χ1n) is 5.29. The van der Waals surface area contributed by atoms with Crippen molar-refractivity contribution in [2.45, 2.75) is 18.6 Å². The molecule has 1 aromatic rings. The lowest BCUT2D eigenvalue weighted by Gasteiger charge is -2.18. The number of amides is 1. The monoisotopic (exact) mass is 383 g/mol. The topological polar surface area (TPSA) is 54.5 Å². The van der Waals surface area contributed by atoms with E-state index in [0.29, 0.717) is 5.69 Å². The van der Waals surface area contributed by atoms with Crippen molar-refractivity contribution in [2.24, 2.45) is 0 Å². The number of nitrogens with zero attached hydrogens (tertiary/aromatic N) is 1. The Bertz CT molecular complexity index is 602. The van der Waals surface area contributed by atoms with Crippen LogP contribution in [0.4, 0.5) is 9.57 Å². The van der Waals surface area contributed by atoms with Crippen molar-refractivity contribution in [3.8, 4) is 0 Å². The largest absolute Gasteiger partial charge is 0.310 e. The van der Waals surface area contributed by atoms with Gasteiger partial charge in [-0.25, -0.2) is 0 Å². The van der Waals surface area contributed by atoms with E-state index < -0.39 is 15.5 Å². The third-order valence-electron chi connectivity index (χ3n) is 2.95. The van der Waals surface area contributed by atoms with Crippen molar-refractivity contribution in [2.75, 3.05) is 11.4 Å². The van der Waals surface area contributed by atoms with Gasteiger partial charge in [0.25, 0.3) is 0 Å². The fourth-order valence-corrected chi connectivity index (χ4v) is 3.26. The minimum atomic E-state index is -4.66. The van der Waals surface area contributed by atoms with Gasteiger partial charge in [0, 0.05) is 16.5 Å². The smallest absolute Gasteiger partial charge is 0.307 e. The Hall–Kier alpha value is -0.700. The molecule has 1 atom stereocenters. The summed E-state index contributed by atoms with van der Waals surface area (Å²) in [6.07, 6.45) is -0.289. The molecule has 2 rings (SSSR count). The number of carbonyl (C=O) groups excluding carboxylic acids is 1. The summed E-state index contributed by atoms with van der Waals surface area (Å²) in [7, 11) is -4.66. The molecule has 1 aromatic carbocycles. The first kappa shape index (κ1) is 13.7. The Morgan fingerprint density at radius 1 is 1.44 bits per heavy atom. The summed E-state index contributed by atoms with van der Waals surface area (Å²) < 4.78 is 35.5. The van der Waals surface area contributed by atoms with E-state index in [-0.39, 0.29) is 18.9 Å².